The van der Waals surface area contributed by atoms with Gasteiger partial charge in [0.15, 0.2) is 0 Å². The largest absolute Gasteiger partial charge is 0.487 e. The molecule has 3 rings (SSSR count). The van der Waals surface area contributed by atoms with Gasteiger partial charge in [-0.3, -0.25) is 15.1 Å². The van der Waals surface area contributed by atoms with E-state index in [1.807, 2.05) is 38.1 Å². The van der Waals surface area contributed by atoms with E-state index in [-0.39, 0.29) is 18.0 Å². The van der Waals surface area contributed by atoms with E-state index in [1.165, 1.54) is 12.1 Å². The van der Waals surface area contributed by atoms with Crippen LogP contribution in [0.3, 0.4) is 0 Å². The van der Waals surface area contributed by atoms with Crippen molar-refractivity contribution in [3.8, 4) is 5.75 Å². The van der Waals surface area contributed by atoms with Crippen LogP contribution in [0.4, 0.5) is 10.1 Å². The van der Waals surface area contributed by atoms with Crippen molar-refractivity contribution in [2.24, 2.45) is 5.92 Å². The SMILES string of the molecule is CC(Cc1ccc(NOCc2cc(F)cc3c2OC(C)(C)C3)cc1)C(=O)O. The van der Waals surface area contributed by atoms with E-state index in [4.69, 9.17) is 14.7 Å². The number of carboxylic acid groups (broad SMARTS) is 1. The number of aliphatic carboxylic acids is 1. The first-order valence-corrected chi connectivity index (χ1v) is 8.93. The lowest BCUT2D eigenvalue weighted by Crippen LogP contribution is -2.24. The number of hydrogen-bond donors (Lipinski definition) is 2. The Labute approximate surface area is 158 Å². The Bertz CT molecular complexity index is 833. The molecule has 0 aliphatic carbocycles. The summed E-state index contributed by atoms with van der Waals surface area (Å²) in [4.78, 5) is 16.4. The Balaban J connectivity index is 1.59. The molecule has 5 nitrogen and oxygen atoms in total. The quantitative estimate of drug-likeness (QED) is 0.707. The van der Waals surface area contributed by atoms with E-state index in [1.54, 1.807) is 6.92 Å². The number of fused-ring (bicyclic) bond motifs is 1. The minimum Gasteiger partial charge on any atom is -0.487 e. The van der Waals surface area contributed by atoms with Gasteiger partial charge in [0.1, 0.15) is 23.8 Å². The lowest BCUT2D eigenvalue weighted by molar-refractivity contribution is -0.141. The summed E-state index contributed by atoms with van der Waals surface area (Å²) in [5.41, 5.74) is 5.68. The fraction of sp³-hybridized carbons (Fsp3) is 0.381. The van der Waals surface area contributed by atoms with Crippen LogP contribution in [-0.2, 0) is 29.1 Å². The van der Waals surface area contributed by atoms with Crippen LogP contribution >= 0.6 is 0 Å². The topological polar surface area (TPSA) is 67.8 Å². The van der Waals surface area contributed by atoms with E-state index in [2.05, 4.69) is 5.48 Å². The molecule has 2 N–H and O–H groups in total. The van der Waals surface area contributed by atoms with Gasteiger partial charge >= 0.3 is 5.97 Å². The second-order valence-electron chi connectivity index (χ2n) is 7.62. The maximum absolute atomic E-state index is 13.9. The zero-order chi connectivity index (χ0) is 19.6. The summed E-state index contributed by atoms with van der Waals surface area (Å²) >= 11 is 0. The molecule has 2 aromatic carbocycles. The Hall–Kier alpha value is -2.60. The molecule has 1 aliphatic rings. The fourth-order valence-corrected chi connectivity index (χ4v) is 3.20. The first-order chi connectivity index (χ1) is 12.7. The lowest BCUT2D eigenvalue weighted by atomic mass is 10.0. The first kappa shape index (κ1) is 19.2. The number of nitrogens with one attached hydrogen (secondary N) is 1. The molecule has 0 saturated carbocycles. The maximum Gasteiger partial charge on any atom is 0.306 e. The monoisotopic (exact) mass is 373 g/mol. The summed E-state index contributed by atoms with van der Waals surface area (Å²) in [7, 11) is 0. The Morgan fingerprint density at radius 3 is 2.70 bits per heavy atom. The zero-order valence-corrected chi connectivity index (χ0v) is 15.7. The molecule has 6 heteroatoms. The molecule has 0 fully saturated rings. The number of anilines is 1. The van der Waals surface area contributed by atoms with Gasteiger partial charge in [-0.05, 0) is 50.1 Å². The van der Waals surface area contributed by atoms with Crippen LogP contribution in [0.2, 0.25) is 0 Å². The second-order valence-corrected chi connectivity index (χ2v) is 7.62. The molecule has 0 radical (unpaired) electrons. The predicted octanol–water partition coefficient (Wildman–Crippen LogP) is 4.35. The number of rotatable bonds is 7. The van der Waals surface area contributed by atoms with Crippen molar-refractivity contribution in [1.29, 1.82) is 0 Å². The van der Waals surface area contributed by atoms with Gasteiger partial charge in [-0.2, -0.15) is 0 Å². The fourth-order valence-electron chi connectivity index (χ4n) is 3.20. The van der Waals surface area contributed by atoms with Gasteiger partial charge in [-0.1, -0.05) is 19.1 Å². The van der Waals surface area contributed by atoms with E-state index in [0.717, 1.165) is 16.8 Å². The summed E-state index contributed by atoms with van der Waals surface area (Å²) in [6, 6.07) is 10.3. The van der Waals surface area contributed by atoms with Crippen LogP contribution in [0.5, 0.6) is 5.75 Å². The molecule has 1 atom stereocenters. The predicted molar refractivity (Wildman–Crippen MR) is 100 cm³/mol. The van der Waals surface area contributed by atoms with E-state index in [0.29, 0.717) is 24.2 Å². The van der Waals surface area contributed by atoms with Gasteiger partial charge in [0.2, 0.25) is 0 Å². The lowest BCUT2D eigenvalue weighted by Gasteiger charge is -2.18. The molecule has 0 saturated heterocycles. The summed E-state index contributed by atoms with van der Waals surface area (Å²) in [5, 5.41) is 8.97. The third kappa shape index (κ3) is 4.77. The minimum absolute atomic E-state index is 0.161. The van der Waals surface area contributed by atoms with Crippen molar-refractivity contribution < 1.29 is 23.9 Å². The second kappa shape index (κ2) is 7.56. The summed E-state index contributed by atoms with van der Waals surface area (Å²) in [6.45, 7) is 5.79. The number of carboxylic acids is 1. The van der Waals surface area contributed by atoms with Crippen LogP contribution in [0.1, 0.15) is 37.5 Å². The van der Waals surface area contributed by atoms with E-state index in [9.17, 15) is 9.18 Å². The van der Waals surface area contributed by atoms with Crippen molar-refractivity contribution in [1.82, 2.24) is 0 Å². The molecule has 0 bridgehead atoms. The van der Waals surface area contributed by atoms with Crippen LogP contribution in [0, 0.1) is 11.7 Å². The van der Waals surface area contributed by atoms with Gasteiger partial charge in [0, 0.05) is 17.5 Å². The van der Waals surface area contributed by atoms with Crippen molar-refractivity contribution >= 4 is 11.7 Å². The molecule has 0 aromatic heterocycles. The number of hydrogen-bond acceptors (Lipinski definition) is 4. The smallest absolute Gasteiger partial charge is 0.306 e. The minimum atomic E-state index is -0.812. The van der Waals surface area contributed by atoms with Crippen LogP contribution < -0.4 is 10.2 Å². The highest BCUT2D eigenvalue weighted by Gasteiger charge is 2.32. The highest BCUT2D eigenvalue weighted by molar-refractivity contribution is 5.69. The highest BCUT2D eigenvalue weighted by atomic mass is 19.1. The number of halogens is 1. The Morgan fingerprint density at radius 1 is 1.33 bits per heavy atom. The first-order valence-electron chi connectivity index (χ1n) is 8.93. The van der Waals surface area contributed by atoms with Crippen molar-refractivity contribution in [2.75, 3.05) is 5.48 Å². The molecule has 2 aromatic rings. The zero-order valence-electron chi connectivity index (χ0n) is 15.7. The molecule has 27 heavy (non-hydrogen) atoms. The van der Waals surface area contributed by atoms with Crippen molar-refractivity contribution in [3.63, 3.8) is 0 Å². The number of carbonyl (C=O) groups is 1. The number of ether oxygens (including phenoxy) is 1. The van der Waals surface area contributed by atoms with Gasteiger partial charge in [0.25, 0.3) is 0 Å². The summed E-state index contributed by atoms with van der Waals surface area (Å²) in [5.74, 6) is -0.848. The third-order valence-electron chi connectivity index (χ3n) is 4.54. The van der Waals surface area contributed by atoms with Crippen LogP contribution in [0.15, 0.2) is 36.4 Å². The summed E-state index contributed by atoms with van der Waals surface area (Å²) < 4.78 is 19.8. The Morgan fingerprint density at radius 2 is 2.04 bits per heavy atom. The molecule has 0 spiro atoms. The standard InChI is InChI=1S/C21H24FNO4/c1-13(20(24)25)8-14-4-6-18(7-5-14)23-26-12-16-10-17(22)9-15-11-21(2,3)27-19(15)16/h4-7,9-10,13,23H,8,11-12H2,1-3H3,(H,24,25). The molecular weight excluding hydrogens is 349 g/mol. The molecule has 1 heterocycles. The molecule has 1 unspecified atom stereocenters. The van der Waals surface area contributed by atoms with Gasteiger partial charge < -0.3 is 9.84 Å². The maximum atomic E-state index is 13.9. The average Bonchev–Trinajstić information content (AvgIpc) is 2.90. The van der Waals surface area contributed by atoms with Gasteiger partial charge in [-0.15, -0.1) is 0 Å². The van der Waals surface area contributed by atoms with Crippen molar-refractivity contribution in [2.45, 2.75) is 45.8 Å². The summed E-state index contributed by atoms with van der Waals surface area (Å²) in [6.07, 6.45) is 1.13. The normalized spacial score (nSPS) is 15.7. The molecule has 0 amide bonds. The van der Waals surface area contributed by atoms with Crippen molar-refractivity contribution in [3.05, 3.63) is 58.9 Å². The Kier molecular flexibility index (Phi) is 5.37. The molecular formula is C21H24FNO4. The molecule has 144 valence electrons. The molecule has 1 aliphatic heterocycles. The number of benzene rings is 2. The van der Waals surface area contributed by atoms with Crippen LogP contribution in [-0.4, -0.2) is 16.7 Å². The van der Waals surface area contributed by atoms with E-state index >= 15 is 0 Å². The van der Waals surface area contributed by atoms with Gasteiger partial charge in [-0.25, -0.2) is 4.39 Å². The van der Waals surface area contributed by atoms with Crippen LogP contribution in [0.25, 0.3) is 0 Å². The average molecular weight is 373 g/mol. The third-order valence-corrected chi connectivity index (χ3v) is 4.54. The highest BCUT2D eigenvalue weighted by Crippen LogP contribution is 2.38. The van der Waals surface area contributed by atoms with Gasteiger partial charge in [0.05, 0.1) is 11.6 Å². The van der Waals surface area contributed by atoms with E-state index < -0.39 is 11.9 Å².